The summed E-state index contributed by atoms with van der Waals surface area (Å²) in [5.74, 6) is -1.06. The molecule has 0 radical (unpaired) electrons. The van der Waals surface area contributed by atoms with E-state index >= 15 is 0 Å². The van der Waals surface area contributed by atoms with Crippen LogP contribution in [0.3, 0.4) is 0 Å². The predicted octanol–water partition coefficient (Wildman–Crippen LogP) is 7.48. The third kappa shape index (κ3) is 6.28. The molecule has 42 heavy (non-hydrogen) atoms. The number of hydrogen-bond acceptors (Lipinski definition) is 7. The third-order valence-corrected chi connectivity index (χ3v) is 8.71. The maximum Gasteiger partial charge on any atom is 0.294 e. The normalized spacial score (nSPS) is 14.1. The van der Waals surface area contributed by atoms with Gasteiger partial charge in [-0.3, -0.25) is 29.4 Å². The lowest BCUT2D eigenvalue weighted by molar-refractivity contribution is -0.384. The molecular weight excluding hydrogens is 596 g/mol. The summed E-state index contributed by atoms with van der Waals surface area (Å²) < 4.78 is 2.05. The summed E-state index contributed by atoms with van der Waals surface area (Å²) >= 11 is 8.38. The summed E-state index contributed by atoms with van der Waals surface area (Å²) in [6.45, 7) is 3.46. The molecule has 1 aromatic heterocycles. The van der Waals surface area contributed by atoms with Crippen molar-refractivity contribution in [1.82, 2.24) is 9.47 Å². The second kappa shape index (κ2) is 12.3. The minimum atomic E-state index is -0.531. The molecule has 0 spiro atoms. The van der Waals surface area contributed by atoms with Gasteiger partial charge in [0.1, 0.15) is 6.54 Å². The maximum atomic E-state index is 13.1. The summed E-state index contributed by atoms with van der Waals surface area (Å²) in [5, 5.41) is 13.4. The van der Waals surface area contributed by atoms with Crippen LogP contribution in [0.25, 0.3) is 11.8 Å². The number of amides is 3. The van der Waals surface area contributed by atoms with Gasteiger partial charge in [0.2, 0.25) is 5.91 Å². The number of nitro benzene ring substituents is 1. The molecule has 4 aromatic rings. The second-order valence-electron chi connectivity index (χ2n) is 9.30. The van der Waals surface area contributed by atoms with Crippen molar-refractivity contribution in [2.45, 2.75) is 23.6 Å². The Morgan fingerprint density at radius 1 is 1.02 bits per heavy atom. The van der Waals surface area contributed by atoms with Crippen molar-refractivity contribution >= 4 is 69.6 Å². The number of anilines is 1. The molecule has 9 nitrogen and oxygen atoms in total. The highest BCUT2D eigenvalue weighted by atomic mass is 35.5. The van der Waals surface area contributed by atoms with E-state index < -0.39 is 28.5 Å². The minimum absolute atomic E-state index is 0.0488. The van der Waals surface area contributed by atoms with Gasteiger partial charge in [-0.05, 0) is 91.8 Å². The minimum Gasteiger partial charge on any atom is -0.323 e. The molecule has 1 aliphatic heterocycles. The summed E-state index contributed by atoms with van der Waals surface area (Å²) in [5.41, 5.74) is 3.97. The summed E-state index contributed by atoms with van der Waals surface area (Å²) in [6.07, 6.45) is 1.68. The van der Waals surface area contributed by atoms with Crippen molar-refractivity contribution in [2.75, 3.05) is 11.9 Å². The number of aromatic nitrogens is 1. The molecule has 0 bridgehead atoms. The number of rotatable bonds is 8. The van der Waals surface area contributed by atoms with E-state index in [0.29, 0.717) is 10.7 Å². The highest BCUT2D eigenvalue weighted by molar-refractivity contribution is 8.18. The van der Waals surface area contributed by atoms with Gasteiger partial charge in [0.25, 0.3) is 16.8 Å². The van der Waals surface area contributed by atoms with Crippen molar-refractivity contribution in [3.63, 3.8) is 0 Å². The number of carbonyl (C=O) groups is 3. The zero-order chi connectivity index (χ0) is 30.0. The number of para-hydroxylation sites is 1. The molecule has 0 atom stereocenters. The molecule has 5 rings (SSSR count). The summed E-state index contributed by atoms with van der Waals surface area (Å²) in [7, 11) is 0. The van der Waals surface area contributed by atoms with Gasteiger partial charge in [-0.25, -0.2) is 0 Å². The average Bonchev–Trinajstić information content (AvgIpc) is 3.39. The Kier molecular flexibility index (Phi) is 8.53. The van der Waals surface area contributed by atoms with E-state index in [0.717, 1.165) is 49.1 Å². The van der Waals surface area contributed by atoms with Crippen LogP contribution < -0.4 is 5.32 Å². The molecule has 3 aromatic carbocycles. The molecule has 3 amide bonds. The number of non-ortho nitro benzene ring substituents is 1. The van der Waals surface area contributed by atoms with E-state index in [-0.39, 0.29) is 10.6 Å². The zero-order valence-electron chi connectivity index (χ0n) is 22.4. The molecule has 0 saturated carbocycles. The Hall–Kier alpha value is -4.32. The van der Waals surface area contributed by atoms with Crippen LogP contribution in [-0.2, 0) is 9.59 Å². The first-order chi connectivity index (χ1) is 20.1. The molecule has 1 N–H and O–H groups in total. The molecule has 212 valence electrons. The van der Waals surface area contributed by atoms with E-state index in [2.05, 4.69) is 5.32 Å². The third-order valence-electron chi connectivity index (χ3n) is 6.46. The number of hydrogen-bond donors (Lipinski definition) is 1. The van der Waals surface area contributed by atoms with Crippen LogP contribution in [-0.4, -0.2) is 38.0 Å². The Morgan fingerprint density at radius 3 is 2.31 bits per heavy atom. The van der Waals surface area contributed by atoms with Crippen molar-refractivity contribution in [3.05, 3.63) is 116 Å². The number of aryl methyl sites for hydroxylation is 1. The largest absolute Gasteiger partial charge is 0.323 e. The highest BCUT2D eigenvalue weighted by Gasteiger charge is 2.36. The molecule has 0 aliphatic carbocycles. The number of nitro groups is 1. The zero-order valence-corrected chi connectivity index (χ0v) is 24.8. The van der Waals surface area contributed by atoms with Crippen LogP contribution in [0.4, 0.5) is 16.2 Å². The summed E-state index contributed by atoms with van der Waals surface area (Å²) in [4.78, 5) is 51.7. The topological polar surface area (TPSA) is 115 Å². The van der Waals surface area contributed by atoms with Crippen LogP contribution in [0.2, 0.25) is 5.02 Å². The quantitative estimate of drug-likeness (QED) is 0.124. The van der Waals surface area contributed by atoms with Crippen molar-refractivity contribution in [2.24, 2.45) is 0 Å². The van der Waals surface area contributed by atoms with Gasteiger partial charge in [-0.1, -0.05) is 35.5 Å². The van der Waals surface area contributed by atoms with E-state index in [1.165, 1.54) is 23.9 Å². The first-order valence-corrected chi connectivity index (χ1v) is 14.6. The smallest absolute Gasteiger partial charge is 0.294 e. The van der Waals surface area contributed by atoms with E-state index in [4.69, 9.17) is 11.6 Å². The van der Waals surface area contributed by atoms with Gasteiger partial charge >= 0.3 is 0 Å². The lowest BCUT2D eigenvalue weighted by Gasteiger charge is -2.13. The summed E-state index contributed by atoms with van der Waals surface area (Å²) in [6, 6.07) is 22.9. The van der Waals surface area contributed by atoms with Gasteiger partial charge < -0.3 is 9.88 Å². The second-order valence-corrected chi connectivity index (χ2v) is 11.9. The Bertz CT molecular complexity index is 1750. The van der Waals surface area contributed by atoms with Crippen molar-refractivity contribution < 1.29 is 19.3 Å². The Balaban J connectivity index is 1.29. The first kappa shape index (κ1) is 29.2. The van der Waals surface area contributed by atoms with Crippen LogP contribution in [0.15, 0.2) is 93.6 Å². The monoisotopic (exact) mass is 618 g/mol. The number of imide groups is 1. The first-order valence-electron chi connectivity index (χ1n) is 12.6. The molecule has 0 unspecified atom stereocenters. The van der Waals surface area contributed by atoms with Crippen molar-refractivity contribution in [1.29, 1.82) is 0 Å². The van der Waals surface area contributed by atoms with Crippen LogP contribution >= 0.6 is 35.1 Å². The molecule has 1 fully saturated rings. The maximum absolute atomic E-state index is 13.1. The number of carbonyl (C=O) groups excluding carboxylic acids is 3. The number of nitrogens with zero attached hydrogens (tertiary/aromatic N) is 3. The average molecular weight is 619 g/mol. The molecule has 2 heterocycles. The van der Waals surface area contributed by atoms with Gasteiger partial charge in [-0.2, -0.15) is 0 Å². The lowest BCUT2D eigenvalue weighted by atomic mass is 10.2. The SMILES string of the molecule is Cc1cc(/C=C2/SC(=O)N(CC(=O)Nc3ccccc3Cl)C2=O)c(C)n1-c1ccc(Sc2ccc([N+](=O)[O-])cc2)cc1. The number of thioether (sulfide) groups is 1. The van der Waals surface area contributed by atoms with E-state index in [9.17, 15) is 24.5 Å². The van der Waals surface area contributed by atoms with Crippen LogP contribution in [0, 0.1) is 24.0 Å². The van der Waals surface area contributed by atoms with Gasteiger partial charge in [0.05, 0.1) is 20.5 Å². The molecule has 12 heteroatoms. The molecule has 1 saturated heterocycles. The number of benzene rings is 3. The van der Waals surface area contributed by atoms with Crippen LogP contribution in [0.1, 0.15) is 17.0 Å². The molecule has 1 aliphatic rings. The Labute approximate surface area is 254 Å². The fourth-order valence-corrected chi connectivity index (χ4v) is 6.27. The predicted molar refractivity (Wildman–Crippen MR) is 165 cm³/mol. The van der Waals surface area contributed by atoms with Gasteiger partial charge in [0.15, 0.2) is 0 Å². The fourth-order valence-electron chi connectivity index (χ4n) is 4.44. The van der Waals surface area contributed by atoms with Crippen LogP contribution in [0.5, 0.6) is 0 Å². The number of nitrogens with one attached hydrogen (secondary N) is 1. The molecular formula is C30H23ClN4O5S2. The van der Waals surface area contributed by atoms with Gasteiger partial charge in [-0.15, -0.1) is 0 Å². The number of halogens is 1. The van der Waals surface area contributed by atoms with E-state index in [1.54, 1.807) is 42.5 Å². The van der Waals surface area contributed by atoms with Crippen molar-refractivity contribution in [3.8, 4) is 5.69 Å². The lowest BCUT2D eigenvalue weighted by Crippen LogP contribution is -2.36. The Morgan fingerprint density at radius 2 is 1.67 bits per heavy atom. The van der Waals surface area contributed by atoms with E-state index in [1.807, 2.05) is 48.7 Å². The fraction of sp³-hybridized carbons (Fsp3) is 0.100. The standard InChI is InChI=1S/C30H23ClN4O5S2/c1-18-15-20(16-27-29(37)33(30(38)42-27)17-28(36)32-26-6-4-3-5-25(26)31)19(2)34(18)21-7-11-23(12-8-21)41-24-13-9-22(10-14-24)35(39)40/h3-16H,17H2,1-2H3,(H,32,36)/b27-16+. The highest BCUT2D eigenvalue weighted by Crippen LogP contribution is 2.35. The van der Waals surface area contributed by atoms with Gasteiger partial charge in [0, 0.05) is 39.0 Å².